The topological polar surface area (TPSA) is 76.2 Å². The lowest BCUT2D eigenvalue weighted by Crippen LogP contribution is -2.32. The number of para-hydroxylation sites is 1. The Kier molecular flexibility index (Phi) is 5.08. The predicted molar refractivity (Wildman–Crippen MR) is 119 cm³/mol. The molecule has 2 aromatic rings. The fraction of sp³-hybridized carbons (Fsp3) is 0.143. The number of fused-ring (bicyclic) bond motifs is 1. The van der Waals surface area contributed by atoms with Gasteiger partial charge in [0, 0.05) is 18.6 Å². The second-order valence-corrected chi connectivity index (χ2v) is 8.07. The van der Waals surface area contributed by atoms with Crippen LogP contribution in [0.3, 0.4) is 0 Å². The van der Waals surface area contributed by atoms with Gasteiger partial charge in [-0.25, -0.2) is 4.90 Å². The lowest BCUT2D eigenvalue weighted by Gasteiger charge is -2.18. The number of carbonyl (C=O) groups is 3. The minimum atomic E-state index is -0.536. The predicted octanol–water partition coefficient (Wildman–Crippen LogP) is 3.37. The first kappa shape index (κ1) is 20.1. The van der Waals surface area contributed by atoms with E-state index in [1.807, 2.05) is 0 Å². The second-order valence-electron chi connectivity index (χ2n) is 6.43. The number of imide groups is 1. The van der Waals surface area contributed by atoms with Crippen molar-refractivity contribution in [2.45, 2.75) is 6.92 Å². The average Bonchev–Trinajstić information content (AvgIpc) is 3.19. The van der Waals surface area contributed by atoms with Crippen LogP contribution in [-0.4, -0.2) is 36.3 Å². The van der Waals surface area contributed by atoms with Gasteiger partial charge in [-0.15, -0.1) is 0 Å². The fourth-order valence-corrected chi connectivity index (χ4v) is 4.80. The van der Waals surface area contributed by atoms with Crippen molar-refractivity contribution in [1.29, 1.82) is 0 Å². The smallest absolute Gasteiger partial charge is 0.271 e. The largest absolute Gasteiger partial charge is 0.497 e. The summed E-state index contributed by atoms with van der Waals surface area (Å²) in [5, 5.41) is 0. The molecule has 0 aromatic heterocycles. The number of benzene rings is 2. The summed E-state index contributed by atoms with van der Waals surface area (Å²) in [6, 6.07) is 11.9. The molecule has 2 aliphatic rings. The van der Waals surface area contributed by atoms with Crippen LogP contribution in [0.1, 0.15) is 12.5 Å². The molecule has 3 amide bonds. The number of ether oxygens (including phenoxy) is 2. The third kappa shape index (κ3) is 2.98. The number of carbonyl (C=O) groups excluding carboxylic acids is 3. The number of methoxy groups -OCH3 is 2. The summed E-state index contributed by atoms with van der Waals surface area (Å²) in [6.45, 7) is 1.31. The van der Waals surface area contributed by atoms with E-state index in [-0.39, 0.29) is 14.8 Å². The first-order valence-electron chi connectivity index (χ1n) is 8.86. The fourth-order valence-electron chi connectivity index (χ4n) is 3.44. The second kappa shape index (κ2) is 7.58. The zero-order chi connectivity index (χ0) is 21.6. The number of nitrogens with zero attached hydrogens (tertiary/aromatic N) is 2. The van der Waals surface area contributed by atoms with Gasteiger partial charge in [0.2, 0.25) is 5.91 Å². The van der Waals surface area contributed by atoms with Crippen LogP contribution >= 0.6 is 24.0 Å². The van der Waals surface area contributed by atoms with Crippen molar-refractivity contribution in [2.75, 3.05) is 24.0 Å². The van der Waals surface area contributed by atoms with Crippen molar-refractivity contribution >= 4 is 63.0 Å². The first-order valence-corrected chi connectivity index (χ1v) is 10.1. The highest BCUT2D eigenvalue weighted by Gasteiger charge is 2.44. The molecule has 0 radical (unpaired) electrons. The normalized spacial score (nSPS) is 18.2. The van der Waals surface area contributed by atoms with Crippen LogP contribution in [0.25, 0.3) is 5.57 Å². The number of thiocarbonyl (C=S) groups is 1. The van der Waals surface area contributed by atoms with Gasteiger partial charge in [0.1, 0.15) is 11.5 Å². The van der Waals surface area contributed by atoms with Gasteiger partial charge in [0.15, 0.2) is 4.32 Å². The highest BCUT2D eigenvalue weighted by atomic mass is 32.2. The molecule has 9 heteroatoms. The Morgan fingerprint density at radius 3 is 2.40 bits per heavy atom. The van der Waals surface area contributed by atoms with Crippen molar-refractivity contribution in [3.05, 3.63) is 52.9 Å². The highest BCUT2D eigenvalue weighted by Crippen LogP contribution is 2.47. The molecule has 152 valence electrons. The van der Waals surface area contributed by atoms with Crippen LogP contribution in [0, 0.1) is 0 Å². The van der Waals surface area contributed by atoms with Crippen molar-refractivity contribution in [1.82, 2.24) is 0 Å². The molecule has 0 bridgehead atoms. The summed E-state index contributed by atoms with van der Waals surface area (Å²) >= 11 is 6.48. The third-order valence-corrected chi connectivity index (χ3v) is 6.14. The van der Waals surface area contributed by atoms with Gasteiger partial charge in [-0.3, -0.25) is 19.3 Å². The molecular weight excluding hydrogens is 424 g/mol. The third-order valence-electron chi connectivity index (χ3n) is 4.77. The Bertz CT molecular complexity index is 1160. The van der Waals surface area contributed by atoms with Gasteiger partial charge in [0.25, 0.3) is 11.8 Å². The van der Waals surface area contributed by atoms with Crippen LogP contribution in [-0.2, 0) is 14.4 Å². The Hall–Kier alpha value is -3.17. The molecule has 0 atom stereocenters. The minimum absolute atomic E-state index is 0.174. The van der Waals surface area contributed by atoms with Crippen LogP contribution in [0.2, 0.25) is 0 Å². The van der Waals surface area contributed by atoms with Gasteiger partial charge < -0.3 is 9.47 Å². The monoisotopic (exact) mass is 440 g/mol. The van der Waals surface area contributed by atoms with Crippen molar-refractivity contribution in [2.24, 2.45) is 0 Å². The lowest BCUT2D eigenvalue weighted by atomic mass is 10.1. The summed E-state index contributed by atoms with van der Waals surface area (Å²) in [6.07, 6.45) is 0. The number of anilines is 2. The van der Waals surface area contributed by atoms with E-state index in [0.717, 1.165) is 16.7 Å². The Morgan fingerprint density at radius 1 is 1.00 bits per heavy atom. The van der Waals surface area contributed by atoms with E-state index < -0.39 is 17.7 Å². The zero-order valence-electron chi connectivity index (χ0n) is 16.3. The van der Waals surface area contributed by atoms with E-state index in [0.29, 0.717) is 28.4 Å². The van der Waals surface area contributed by atoms with Crippen LogP contribution in [0.15, 0.2) is 47.4 Å². The number of thioether (sulfide) groups is 1. The Balaban J connectivity index is 1.85. The summed E-state index contributed by atoms with van der Waals surface area (Å²) in [4.78, 5) is 41.1. The molecule has 0 N–H and O–H groups in total. The molecule has 1 fully saturated rings. The van der Waals surface area contributed by atoms with Crippen molar-refractivity contribution < 1.29 is 23.9 Å². The molecule has 1 saturated heterocycles. The number of rotatable bonds is 3. The minimum Gasteiger partial charge on any atom is -0.497 e. The number of hydrogen-bond acceptors (Lipinski definition) is 7. The van der Waals surface area contributed by atoms with E-state index in [4.69, 9.17) is 21.7 Å². The SMILES string of the molecule is COc1ccc(N2C(=O)C(=C3C(=O)N(C(C)=O)c4ccccc43)SC2=S)c(OC)c1. The maximum absolute atomic E-state index is 13.4. The maximum atomic E-state index is 13.4. The number of hydrogen-bond donors (Lipinski definition) is 0. The van der Waals surface area contributed by atoms with Crippen LogP contribution in [0.4, 0.5) is 11.4 Å². The molecule has 30 heavy (non-hydrogen) atoms. The van der Waals surface area contributed by atoms with E-state index in [1.165, 1.54) is 26.0 Å². The number of amides is 3. The molecule has 7 nitrogen and oxygen atoms in total. The van der Waals surface area contributed by atoms with Crippen LogP contribution < -0.4 is 19.3 Å². The highest BCUT2D eigenvalue weighted by molar-refractivity contribution is 8.27. The molecule has 0 aliphatic carbocycles. The van der Waals surface area contributed by atoms with E-state index in [9.17, 15) is 14.4 Å². The molecule has 0 saturated carbocycles. The Labute approximate surface area is 182 Å². The first-order chi connectivity index (χ1) is 14.4. The van der Waals surface area contributed by atoms with Crippen LogP contribution in [0.5, 0.6) is 11.5 Å². The molecular formula is C21H16N2O5S2. The van der Waals surface area contributed by atoms with E-state index in [1.54, 1.807) is 42.5 Å². The molecule has 0 unspecified atom stereocenters. The molecule has 2 heterocycles. The van der Waals surface area contributed by atoms with Gasteiger partial charge in [0.05, 0.1) is 36.1 Å². The quantitative estimate of drug-likeness (QED) is 0.535. The van der Waals surface area contributed by atoms with Gasteiger partial charge in [-0.05, 0) is 18.2 Å². The van der Waals surface area contributed by atoms with Gasteiger partial charge >= 0.3 is 0 Å². The molecule has 2 aliphatic heterocycles. The summed E-state index contributed by atoms with van der Waals surface area (Å²) in [5.74, 6) is -0.436. The summed E-state index contributed by atoms with van der Waals surface area (Å²) in [5.41, 5.74) is 1.60. The van der Waals surface area contributed by atoms with E-state index >= 15 is 0 Å². The zero-order valence-corrected chi connectivity index (χ0v) is 17.9. The lowest BCUT2D eigenvalue weighted by molar-refractivity contribution is -0.122. The summed E-state index contributed by atoms with van der Waals surface area (Å²) < 4.78 is 10.9. The average molecular weight is 441 g/mol. The van der Waals surface area contributed by atoms with Gasteiger partial charge in [-0.1, -0.05) is 42.2 Å². The maximum Gasteiger partial charge on any atom is 0.271 e. The van der Waals surface area contributed by atoms with E-state index in [2.05, 4.69) is 0 Å². The Morgan fingerprint density at radius 2 is 1.73 bits per heavy atom. The van der Waals surface area contributed by atoms with Crippen molar-refractivity contribution in [3.63, 3.8) is 0 Å². The molecule has 2 aromatic carbocycles. The molecule has 4 rings (SSSR count). The van der Waals surface area contributed by atoms with Gasteiger partial charge in [-0.2, -0.15) is 0 Å². The molecule has 0 spiro atoms. The summed E-state index contributed by atoms with van der Waals surface area (Å²) in [7, 11) is 3.01. The van der Waals surface area contributed by atoms with Crippen molar-refractivity contribution in [3.8, 4) is 11.5 Å². The standard InChI is InChI=1S/C21H16N2O5S2/c1-11(24)22-14-7-5-4-6-13(14)17(19(22)25)18-20(26)23(21(29)30-18)15-9-8-12(27-2)10-16(15)28-3/h4-10H,1-3H3.